The van der Waals surface area contributed by atoms with Gasteiger partial charge < -0.3 is 15.8 Å². The van der Waals surface area contributed by atoms with Crippen LogP contribution in [0.3, 0.4) is 0 Å². The maximum atomic E-state index is 9.73. The molecule has 5 N–H and O–H groups in total. The minimum Gasteiger partial charge on any atom is -0.394 e. The number of anilines is 2. The minimum absolute atomic E-state index is 0.158. The van der Waals surface area contributed by atoms with Crippen LogP contribution < -0.4 is 16.6 Å². The molecule has 2 unspecified atom stereocenters. The average Bonchev–Trinajstić information content (AvgIpc) is 2.39. The van der Waals surface area contributed by atoms with Crippen molar-refractivity contribution in [3.8, 4) is 0 Å². The lowest BCUT2D eigenvalue weighted by Crippen LogP contribution is -2.45. The van der Waals surface area contributed by atoms with Gasteiger partial charge in [0, 0.05) is 18.0 Å². The van der Waals surface area contributed by atoms with E-state index in [1.165, 1.54) is 6.42 Å². The number of hydrogen-bond acceptors (Lipinski definition) is 5. The Morgan fingerprint density at radius 1 is 1.61 bits per heavy atom. The third-order valence-corrected chi connectivity index (χ3v) is 3.71. The lowest BCUT2D eigenvalue weighted by molar-refractivity contribution is 0.149. The first-order valence-corrected chi connectivity index (χ1v) is 6.49. The summed E-state index contributed by atoms with van der Waals surface area (Å²) in [5, 5.41) is 13.2. The Morgan fingerprint density at radius 2 is 2.44 bits per heavy atom. The second-order valence-electron chi connectivity index (χ2n) is 5.34. The molecule has 0 aromatic carbocycles. The monoisotopic (exact) mass is 250 g/mol. The standard InChI is InChI=1S/C13H22N4O/c1-10-3-2-5-13(8-10,9-18)16-11-4-6-15-12(7-11)17-14/h4,6-7,10,18H,2-3,5,8-9,14H2,1H3,(H2,15,16,17). The maximum Gasteiger partial charge on any atom is 0.141 e. The van der Waals surface area contributed by atoms with Crippen molar-refractivity contribution in [1.82, 2.24) is 4.98 Å². The fourth-order valence-corrected chi connectivity index (χ4v) is 2.85. The Kier molecular flexibility index (Phi) is 4.04. The molecular weight excluding hydrogens is 228 g/mol. The van der Waals surface area contributed by atoms with Crippen molar-refractivity contribution in [3.63, 3.8) is 0 Å². The zero-order valence-corrected chi connectivity index (χ0v) is 10.8. The second-order valence-corrected chi connectivity index (χ2v) is 5.34. The molecule has 1 saturated carbocycles. The fourth-order valence-electron chi connectivity index (χ4n) is 2.85. The van der Waals surface area contributed by atoms with E-state index in [1.807, 2.05) is 12.1 Å². The number of aliphatic hydroxyl groups excluding tert-OH is 1. The molecule has 2 atom stereocenters. The van der Waals surface area contributed by atoms with Crippen LogP contribution in [0.25, 0.3) is 0 Å². The molecule has 5 nitrogen and oxygen atoms in total. The predicted octanol–water partition coefficient (Wildman–Crippen LogP) is 1.72. The van der Waals surface area contributed by atoms with Gasteiger partial charge in [0.05, 0.1) is 12.1 Å². The van der Waals surface area contributed by atoms with Crippen LogP contribution in [0.4, 0.5) is 11.5 Å². The van der Waals surface area contributed by atoms with Crippen LogP contribution in [0.15, 0.2) is 18.3 Å². The molecular formula is C13H22N4O. The van der Waals surface area contributed by atoms with Gasteiger partial charge in [0.1, 0.15) is 5.82 Å². The number of nitrogens with one attached hydrogen (secondary N) is 2. The summed E-state index contributed by atoms with van der Waals surface area (Å²) in [4.78, 5) is 4.08. The Labute approximate surface area is 108 Å². The van der Waals surface area contributed by atoms with E-state index >= 15 is 0 Å². The van der Waals surface area contributed by atoms with Crippen LogP contribution >= 0.6 is 0 Å². The van der Waals surface area contributed by atoms with E-state index in [9.17, 15) is 5.11 Å². The van der Waals surface area contributed by atoms with Gasteiger partial charge in [-0.25, -0.2) is 10.8 Å². The largest absolute Gasteiger partial charge is 0.394 e. The summed E-state index contributed by atoms with van der Waals surface area (Å²) in [6, 6.07) is 3.76. The third kappa shape index (κ3) is 2.91. The van der Waals surface area contributed by atoms with Crippen molar-refractivity contribution in [3.05, 3.63) is 18.3 Å². The predicted molar refractivity (Wildman–Crippen MR) is 73.1 cm³/mol. The van der Waals surface area contributed by atoms with Crippen LogP contribution in [-0.2, 0) is 0 Å². The van der Waals surface area contributed by atoms with Crippen LogP contribution in [0.5, 0.6) is 0 Å². The average molecular weight is 250 g/mol. The summed E-state index contributed by atoms with van der Waals surface area (Å²) < 4.78 is 0. The number of aromatic nitrogens is 1. The Bertz CT molecular complexity index is 398. The molecule has 5 heteroatoms. The third-order valence-electron chi connectivity index (χ3n) is 3.71. The quantitative estimate of drug-likeness (QED) is 0.483. The minimum atomic E-state index is -0.203. The van der Waals surface area contributed by atoms with Crippen molar-refractivity contribution in [1.29, 1.82) is 0 Å². The van der Waals surface area contributed by atoms with Crippen LogP contribution in [-0.4, -0.2) is 22.2 Å². The molecule has 1 heterocycles. The van der Waals surface area contributed by atoms with Crippen molar-refractivity contribution in [2.24, 2.45) is 11.8 Å². The van der Waals surface area contributed by atoms with Gasteiger partial charge in [0.2, 0.25) is 0 Å². The summed E-state index contributed by atoms with van der Waals surface area (Å²) in [5.41, 5.74) is 3.27. The molecule has 1 fully saturated rings. The summed E-state index contributed by atoms with van der Waals surface area (Å²) >= 11 is 0. The number of nitrogens with two attached hydrogens (primary N) is 1. The normalized spacial score (nSPS) is 27.8. The summed E-state index contributed by atoms with van der Waals surface area (Å²) in [5.74, 6) is 6.62. The zero-order chi connectivity index (χ0) is 13.0. The Morgan fingerprint density at radius 3 is 3.11 bits per heavy atom. The van der Waals surface area contributed by atoms with Gasteiger partial charge in [-0.3, -0.25) is 0 Å². The Balaban J connectivity index is 2.13. The van der Waals surface area contributed by atoms with E-state index in [4.69, 9.17) is 5.84 Å². The summed E-state index contributed by atoms with van der Waals surface area (Å²) in [6.45, 7) is 2.40. The van der Waals surface area contributed by atoms with Crippen LogP contribution in [0, 0.1) is 5.92 Å². The summed E-state index contributed by atoms with van der Waals surface area (Å²) in [6.07, 6.45) is 6.10. The molecule has 0 saturated heterocycles. The zero-order valence-electron chi connectivity index (χ0n) is 10.8. The van der Waals surface area contributed by atoms with E-state index in [-0.39, 0.29) is 12.1 Å². The Hall–Kier alpha value is -1.33. The summed E-state index contributed by atoms with van der Waals surface area (Å²) in [7, 11) is 0. The highest BCUT2D eigenvalue weighted by Gasteiger charge is 2.34. The van der Waals surface area contributed by atoms with Crippen LogP contribution in [0.2, 0.25) is 0 Å². The number of nitrogens with zero attached hydrogens (tertiary/aromatic N) is 1. The number of aliphatic hydroxyl groups is 1. The molecule has 0 radical (unpaired) electrons. The number of nitrogen functional groups attached to an aromatic ring is 1. The van der Waals surface area contributed by atoms with Crippen molar-refractivity contribution in [2.75, 3.05) is 17.3 Å². The van der Waals surface area contributed by atoms with Gasteiger partial charge >= 0.3 is 0 Å². The van der Waals surface area contributed by atoms with Crippen molar-refractivity contribution < 1.29 is 5.11 Å². The highest BCUT2D eigenvalue weighted by molar-refractivity contribution is 5.53. The molecule has 0 aliphatic heterocycles. The van der Waals surface area contributed by atoms with E-state index in [2.05, 4.69) is 22.7 Å². The number of hydrazine groups is 1. The van der Waals surface area contributed by atoms with E-state index in [0.717, 1.165) is 24.9 Å². The topological polar surface area (TPSA) is 83.2 Å². The number of rotatable bonds is 4. The lowest BCUT2D eigenvalue weighted by atomic mass is 9.76. The van der Waals surface area contributed by atoms with E-state index in [1.54, 1.807) is 6.20 Å². The van der Waals surface area contributed by atoms with Gasteiger partial charge in [-0.15, -0.1) is 0 Å². The lowest BCUT2D eigenvalue weighted by Gasteiger charge is -2.40. The maximum absolute atomic E-state index is 9.73. The molecule has 2 rings (SSSR count). The van der Waals surface area contributed by atoms with Crippen molar-refractivity contribution >= 4 is 11.5 Å². The molecule has 1 aliphatic carbocycles. The van der Waals surface area contributed by atoms with Gasteiger partial charge in [-0.1, -0.05) is 19.8 Å². The molecule has 0 amide bonds. The molecule has 0 spiro atoms. The van der Waals surface area contributed by atoms with E-state index in [0.29, 0.717) is 11.7 Å². The first-order valence-electron chi connectivity index (χ1n) is 6.49. The fraction of sp³-hybridized carbons (Fsp3) is 0.615. The van der Waals surface area contributed by atoms with Gasteiger partial charge in [-0.2, -0.15) is 0 Å². The molecule has 1 aromatic heterocycles. The van der Waals surface area contributed by atoms with Crippen LogP contribution in [0.1, 0.15) is 32.6 Å². The molecule has 0 bridgehead atoms. The first kappa shape index (κ1) is 13.1. The first-order chi connectivity index (χ1) is 8.67. The smallest absolute Gasteiger partial charge is 0.141 e. The van der Waals surface area contributed by atoms with Crippen molar-refractivity contribution in [2.45, 2.75) is 38.1 Å². The van der Waals surface area contributed by atoms with Gasteiger partial charge in [-0.05, 0) is 24.8 Å². The molecule has 100 valence electrons. The molecule has 18 heavy (non-hydrogen) atoms. The second kappa shape index (κ2) is 5.54. The number of pyridine rings is 1. The highest BCUT2D eigenvalue weighted by atomic mass is 16.3. The van der Waals surface area contributed by atoms with Gasteiger partial charge in [0.25, 0.3) is 0 Å². The van der Waals surface area contributed by atoms with E-state index < -0.39 is 0 Å². The molecule has 1 aliphatic rings. The highest BCUT2D eigenvalue weighted by Crippen LogP contribution is 2.34. The molecule has 1 aromatic rings. The SMILES string of the molecule is CC1CCCC(CO)(Nc2ccnc(NN)c2)C1. The number of hydrogen-bond donors (Lipinski definition) is 4. The van der Waals surface area contributed by atoms with Gasteiger partial charge in [0.15, 0.2) is 0 Å².